The highest BCUT2D eigenvalue weighted by Gasteiger charge is 2.10. The molecule has 0 aromatic heterocycles. The molecule has 1 unspecified atom stereocenters. The molecule has 0 aliphatic rings. The fourth-order valence-electron chi connectivity index (χ4n) is 1.59. The minimum Gasteiger partial charge on any atom is -0.254 e. The third-order valence-electron chi connectivity index (χ3n) is 2.64. The quantitative estimate of drug-likeness (QED) is 0.761. The first kappa shape index (κ1) is 14.3. The SMILES string of the molecule is O=S(Cc1ccc(F)cc1F)c1ccc(CBr)cc1. The van der Waals surface area contributed by atoms with E-state index in [-0.39, 0.29) is 11.3 Å². The van der Waals surface area contributed by atoms with Crippen LogP contribution in [0, 0.1) is 11.6 Å². The topological polar surface area (TPSA) is 17.1 Å². The van der Waals surface area contributed by atoms with Crippen LogP contribution in [-0.2, 0) is 21.9 Å². The van der Waals surface area contributed by atoms with Crippen LogP contribution in [0.3, 0.4) is 0 Å². The van der Waals surface area contributed by atoms with Crippen molar-refractivity contribution in [3.8, 4) is 0 Å². The Morgan fingerprint density at radius 1 is 1.05 bits per heavy atom. The van der Waals surface area contributed by atoms with Crippen molar-refractivity contribution in [2.45, 2.75) is 16.0 Å². The lowest BCUT2D eigenvalue weighted by Gasteiger charge is -2.05. The lowest BCUT2D eigenvalue weighted by atomic mass is 10.2. The van der Waals surface area contributed by atoms with Gasteiger partial charge in [-0.25, -0.2) is 8.78 Å². The summed E-state index contributed by atoms with van der Waals surface area (Å²) in [6, 6.07) is 10.5. The van der Waals surface area contributed by atoms with Crippen LogP contribution in [0.25, 0.3) is 0 Å². The molecule has 0 N–H and O–H groups in total. The van der Waals surface area contributed by atoms with Crippen molar-refractivity contribution >= 4 is 26.7 Å². The maximum Gasteiger partial charge on any atom is 0.130 e. The van der Waals surface area contributed by atoms with Crippen LogP contribution in [-0.4, -0.2) is 4.21 Å². The highest BCUT2D eigenvalue weighted by atomic mass is 79.9. The molecule has 0 amide bonds. The summed E-state index contributed by atoms with van der Waals surface area (Å²) in [5.74, 6) is -1.25. The second kappa shape index (κ2) is 6.39. The van der Waals surface area contributed by atoms with Gasteiger partial charge in [-0.2, -0.15) is 0 Å². The van der Waals surface area contributed by atoms with E-state index in [4.69, 9.17) is 0 Å². The molecule has 0 heterocycles. The van der Waals surface area contributed by atoms with Gasteiger partial charge in [0.05, 0.1) is 16.6 Å². The van der Waals surface area contributed by atoms with Crippen LogP contribution in [0.15, 0.2) is 47.4 Å². The van der Waals surface area contributed by atoms with Gasteiger partial charge in [0.1, 0.15) is 11.6 Å². The highest BCUT2D eigenvalue weighted by Crippen LogP contribution is 2.17. The Hall–Kier alpha value is -1.07. The molecule has 0 bridgehead atoms. The lowest BCUT2D eigenvalue weighted by molar-refractivity contribution is 0.576. The van der Waals surface area contributed by atoms with E-state index in [0.717, 1.165) is 17.0 Å². The van der Waals surface area contributed by atoms with E-state index in [1.807, 2.05) is 12.1 Å². The van der Waals surface area contributed by atoms with Crippen molar-refractivity contribution < 1.29 is 13.0 Å². The summed E-state index contributed by atoms with van der Waals surface area (Å²) in [5.41, 5.74) is 1.33. The summed E-state index contributed by atoms with van der Waals surface area (Å²) in [4.78, 5) is 0.633. The van der Waals surface area contributed by atoms with E-state index < -0.39 is 22.4 Å². The van der Waals surface area contributed by atoms with Gasteiger partial charge in [0.25, 0.3) is 0 Å². The Labute approximate surface area is 121 Å². The van der Waals surface area contributed by atoms with Crippen molar-refractivity contribution in [1.29, 1.82) is 0 Å². The van der Waals surface area contributed by atoms with E-state index in [1.165, 1.54) is 12.1 Å². The van der Waals surface area contributed by atoms with E-state index in [1.54, 1.807) is 12.1 Å². The molecule has 0 aliphatic heterocycles. The normalized spacial score (nSPS) is 12.4. The first-order valence-corrected chi connectivity index (χ1v) is 8.01. The number of benzene rings is 2. The van der Waals surface area contributed by atoms with Gasteiger partial charge in [0.15, 0.2) is 0 Å². The molecule has 2 aromatic rings. The molecule has 0 spiro atoms. The molecule has 100 valence electrons. The van der Waals surface area contributed by atoms with Crippen molar-refractivity contribution in [1.82, 2.24) is 0 Å². The second-order valence-electron chi connectivity index (χ2n) is 4.00. The van der Waals surface area contributed by atoms with Crippen LogP contribution < -0.4 is 0 Å². The third-order valence-corrected chi connectivity index (χ3v) is 4.66. The first-order valence-electron chi connectivity index (χ1n) is 5.57. The smallest absolute Gasteiger partial charge is 0.130 e. The number of alkyl halides is 1. The number of hydrogen-bond acceptors (Lipinski definition) is 1. The molecule has 0 aliphatic carbocycles. The predicted octanol–water partition coefficient (Wildman–Crippen LogP) is 4.17. The standard InChI is InChI=1S/C14H11BrF2OS/c15-8-10-1-5-13(6-2-10)19(18)9-11-3-4-12(16)7-14(11)17/h1-7H,8-9H2. The van der Waals surface area contributed by atoms with Gasteiger partial charge in [0.2, 0.25) is 0 Å². The van der Waals surface area contributed by atoms with Gasteiger partial charge in [-0.05, 0) is 23.8 Å². The van der Waals surface area contributed by atoms with Crippen LogP contribution in [0.4, 0.5) is 8.78 Å². The summed E-state index contributed by atoms with van der Waals surface area (Å²) in [5, 5.41) is 0.729. The zero-order chi connectivity index (χ0) is 13.8. The van der Waals surface area contributed by atoms with Gasteiger partial charge < -0.3 is 0 Å². The molecule has 1 atom stereocenters. The summed E-state index contributed by atoms with van der Waals surface area (Å²) in [6.45, 7) is 0. The van der Waals surface area contributed by atoms with Crippen LogP contribution in [0.1, 0.15) is 11.1 Å². The number of rotatable bonds is 4. The summed E-state index contributed by atoms with van der Waals surface area (Å²) < 4.78 is 38.3. The van der Waals surface area contributed by atoms with Crippen LogP contribution in [0.5, 0.6) is 0 Å². The predicted molar refractivity (Wildman–Crippen MR) is 75.5 cm³/mol. The van der Waals surface area contributed by atoms with Gasteiger partial charge >= 0.3 is 0 Å². The maximum atomic E-state index is 13.5. The summed E-state index contributed by atoms with van der Waals surface area (Å²) in [7, 11) is -1.34. The maximum absolute atomic E-state index is 13.5. The molecule has 0 fully saturated rings. The molecule has 2 aromatic carbocycles. The minimum absolute atomic E-state index is 0.0414. The molecule has 5 heteroatoms. The Morgan fingerprint density at radius 2 is 1.74 bits per heavy atom. The Balaban J connectivity index is 2.15. The van der Waals surface area contributed by atoms with Crippen molar-refractivity contribution in [3.63, 3.8) is 0 Å². The summed E-state index contributed by atoms with van der Waals surface area (Å²) >= 11 is 3.33. The second-order valence-corrected chi connectivity index (χ2v) is 6.02. The summed E-state index contributed by atoms with van der Waals surface area (Å²) in [6.07, 6.45) is 0. The van der Waals surface area contributed by atoms with Gasteiger partial charge in [-0.15, -0.1) is 0 Å². The Kier molecular flexibility index (Phi) is 4.82. The Morgan fingerprint density at radius 3 is 2.32 bits per heavy atom. The fraction of sp³-hybridized carbons (Fsp3) is 0.143. The van der Waals surface area contributed by atoms with Crippen LogP contribution >= 0.6 is 15.9 Å². The average molecular weight is 345 g/mol. The lowest BCUT2D eigenvalue weighted by Crippen LogP contribution is -1.99. The first-order chi connectivity index (χ1) is 9.10. The van der Waals surface area contributed by atoms with Crippen molar-refractivity contribution in [2.75, 3.05) is 0 Å². The van der Waals surface area contributed by atoms with Gasteiger partial charge in [-0.1, -0.05) is 34.1 Å². The third kappa shape index (κ3) is 3.70. The molecular weight excluding hydrogens is 334 g/mol. The minimum atomic E-state index is -1.34. The molecule has 2 rings (SSSR count). The van der Waals surface area contributed by atoms with E-state index in [9.17, 15) is 13.0 Å². The molecular formula is C14H11BrF2OS. The van der Waals surface area contributed by atoms with Gasteiger partial charge in [0, 0.05) is 21.9 Å². The zero-order valence-electron chi connectivity index (χ0n) is 9.91. The van der Waals surface area contributed by atoms with Crippen LogP contribution in [0.2, 0.25) is 0 Å². The largest absolute Gasteiger partial charge is 0.254 e. The average Bonchev–Trinajstić information content (AvgIpc) is 2.42. The fourth-order valence-corrected chi connectivity index (χ4v) is 3.09. The molecule has 0 saturated heterocycles. The molecule has 0 radical (unpaired) electrons. The molecule has 0 saturated carbocycles. The van der Waals surface area contributed by atoms with Gasteiger partial charge in [-0.3, -0.25) is 4.21 Å². The Bertz CT molecular complexity index is 599. The van der Waals surface area contributed by atoms with Crippen molar-refractivity contribution in [3.05, 3.63) is 65.2 Å². The van der Waals surface area contributed by atoms with E-state index in [0.29, 0.717) is 4.90 Å². The number of halogens is 3. The highest BCUT2D eigenvalue weighted by molar-refractivity contribution is 9.08. The molecule has 1 nitrogen and oxygen atoms in total. The van der Waals surface area contributed by atoms with Crippen molar-refractivity contribution in [2.24, 2.45) is 0 Å². The van der Waals surface area contributed by atoms with E-state index in [2.05, 4.69) is 15.9 Å². The molecule has 19 heavy (non-hydrogen) atoms. The monoisotopic (exact) mass is 344 g/mol. The number of hydrogen-bond donors (Lipinski definition) is 0. The van der Waals surface area contributed by atoms with E-state index >= 15 is 0 Å². The zero-order valence-corrected chi connectivity index (χ0v) is 12.3.